The van der Waals surface area contributed by atoms with E-state index in [4.69, 9.17) is 0 Å². The topological polar surface area (TPSA) is 97.6 Å². The van der Waals surface area contributed by atoms with E-state index in [-0.39, 0.29) is 17.5 Å². The van der Waals surface area contributed by atoms with Crippen LogP contribution in [0.25, 0.3) is 0 Å². The van der Waals surface area contributed by atoms with Gasteiger partial charge in [-0.2, -0.15) is 5.26 Å². The van der Waals surface area contributed by atoms with Crippen molar-refractivity contribution in [1.29, 1.82) is 5.26 Å². The molecular weight excluding hydrogens is 518 g/mol. The van der Waals surface area contributed by atoms with Crippen molar-refractivity contribution in [3.8, 4) is 6.07 Å². The zero-order valence-electron chi connectivity index (χ0n) is 21.6. The van der Waals surface area contributed by atoms with E-state index in [9.17, 15) is 14.9 Å². The van der Waals surface area contributed by atoms with E-state index < -0.39 is 5.91 Å². The molecule has 7 nitrogen and oxygen atoms in total. The Bertz CT molecular complexity index is 990. The molecule has 0 spiro atoms. The third-order valence-electron chi connectivity index (χ3n) is 5.61. The first-order chi connectivity index (χ1) is 17.4. The molecule has 194 valence electrons. The van der Waals surface area contributed by atoms with Gasteiger partial charge in [0.05, 0.1) is 6.04 Å². The first-order valence-corrected chi connectivity index (χ1v) is 13.2. The number of amides is 2. The summed E-state index contributed by atoms with van der Waals surface area (Å²) in [6.07, 6.45) is 9.71. The Morgan fingerprint density at radius 1 is 1.28 bits per heavy atom. The van der Waals surface area contributed by atoms with E-state index in [1.54, 1.807) is 24.3 Å². The fourth-order valence-electron chi connectivity index (χ4n) is 3.54. The number of benzene rings is 1. The van der Waals surface area contributed by atoms with Crippen LogP contribution in [0.1, 0.15) is 68.4 Å². The molecule has 0 bridgehead atoms. The summed E-state index contributed by atoms with van der Waals surface area (Å²) in [7, 11) is 0. The SMILES string of the molecule is C=N/C(Br)=C\C=C/C/C=C(\C#N)C(=O)NC(CCC)c1cccc(C(=O)NCCCN(CC)CC)c1. The number of halogens is 1. The molecule has 0 saturated heterocycles. The average molecular weight is 557 g/mol. The number of allylic oxidation sites excluding steroid dienone is 4. The molecule has 0 aliphatic carbocycles. The Morgan fingerprint density at radius 2 is 2.03 bits per heavy atom. The highest BCUT2D eigenvalue weighted by molar-refractivity contribution is 9.11. The zero-order chi connectivity index (χ0) is 26.8. The Kier molecular flexibility index (Phi) is 15.7. The predicted molar refractivity (Wildman–Crippen MR) is 151 cm³/mol. The largest absolute Gasteiger partial charge is 0.352 e. The van der Waals surface area contributed by atoms with Gasteiger partial charge in [0, 0.05) is 12.1 Å². The summed E-state index contributed by atoms with van der Waals surface area (Å²) in [6.45, 7) is 13.2. The van der Waals surface area contributed by atoms with Crippen LogP contribution in [-0.2, 0) is 4.79 Å². The van der Waals surface area contributed by atoms with Crippen LogP contribution >= 0.6 is 15.9 Å². The van der Waals surface area contributed by atoms with Gasteiger partial charge < -0.3 is 15.5 Å². The third-order valence-corrected chi connectivity index (χ3v) is 6.12. The van der Waals surface area contributed by atoms with Crippen LogP contribution in [0.2, 0.25) is 0 Å². The molecule has 1 atom stereocenters. The van der Waals surface area contributed by atoms with Crippen LogP contribution in [0.3, 0.4) is 0 Å². The van der Waals surface area contributed by atoms with Crippen molar-refractivity contribution >= 4 is 34.5 Å². The summed E-state index contributed by atoms with van der Waals surface area (Å²) in [5, 5.41) is 15.4. The summed E-state index contributed by atoms with van der Waals surface area (Å²) in [6, 6.07) is 8.99. The summed E-state index contributed by atoms with van der Waals surface area (Å²) in [5.74, 6) is -0.560. The molecule has 2 N–H and O–H groups in total. The second kappa shape index (κ2) is 18.3. The summed E-state index contributed by atoms with van der Waals surface area (Å²) in [4.78, 5) is 31.5. The van der Waals surface area contributed by atoms with Crippen LogP contribution < -0.4 is 10.6 Å². The van der Waals surface area contributed by atoms with Gasteiger partial charge in [-0.05, 0) is 85.3 Å². The lowest BCUT2D eigenvalue weighted by Gasteiger charge is -2.19. The van der Waals surface area contributed by atoms with Crippen LogP contribution in [0.15, 0.2) is 63.7 Å². The van der Waals surface area contributed by atoms with Crippen molar-refractivity contribution < 1.29 is 9.59 Å². The van der Waals surface area contributed by atoms with Gasteiger partial charge >= 0.3 is 0 Å². The van der Waals surface area contributed by atoms with Crippen molar-refractivity contribution in [3.05, 3.63) is 69.9 Å². The normalized spacial score (nSPS) is 12.9. The van der Waals surface area contributed by atoms with Crippen molar-refractivity contribution in [3.63, 3.8) is 0 Å². The summed E-state index contributed by atoms with van der Waals surface area (Å²) >= 11 is 3.22. The van der Waals surface area contributed by atoms with Gasteiger partial charge in [-0.1, -0.05) is 57.6 Å². The molecule has 0 saturated carbocycles. The first kappa shape index (κ1) is 31.0. The molecule has 0 radical (unpaired) electrons. The van der Waals surface area contributed by atoms with Gasteiger partial charge in [0.2, 0.25) is 0 Å². The Labute approximate surface area is 224 Å². The lowest BCUT2D eigenvalue weighted by molar-refractivity contribution is -0.117. The van der Waals surface area contributed by atoms with Crippen LogP contribution in [0.4, 0.5) is 0 Å². The molecule has 0 aromatic heterocycles. The van der Waals surface area contributed by atoms with Gasteiger partial charge in [-0.3, -0.25) is 14.6 Å². The van der Waals surface area contributed by atoms with Crippen molar-refractivity contribution in [1.82, 2.24) is 15.5 Å². The van der Waals surface area contributed by atoms with E-state index in [0.717, 1.165) is 38.0 Å². The Morgan fingerprint density at radius 3 is 2.67 bits per heavy atom. The highest BCUT2D eigenvalue weighted by Gasteiger charge is 2.18. The molecular formula is C28H38BrN5O2. The van der Waals surface area contributed by atoms with E-state index in [1.165, 1.54) is 0 Å². The fraction of sp³-hybridized carbons (Fsp3) is 0.429. The Balaban J connectivity index is 2.83. The van der Waals surface area contributed by atoms with Gasteiger partial charge in [0.15, 0.2) is 0 Å². The molecule has 1 unspecified atom stereocenters. The van der Waals surface area contributed by atoms with E-state index in [0.29, 0.717) is 29.6 Å². The number of rotatable bonds is 16. The molecule has 1 aromatic rings. The molecule has 2 amide bonds. The van der Waals surface area contributed by atoms with Crippen LogP contribution in [0, 0.1) is 11.3 Å². The summed E-state index contributed by atoms with van der Waals surface area (Å²) in [5.41, 5.74) is 1.44. The van der Waals surface area contributed by atoms with E-state index in [1.807, 2.05) is 37.3 Å². The maximum Gasteiger partial charge on any atom is 0.262 e. The van der Waals surface area contributed by atoms with Gasteiger partial charge in [-0.15, -0.1) is 0 Å². The molecule has 0 fully saturated rings. The summed E-state index contributed by atoms with van der Waals surface area (Å²) < 4.78 is 0.596. The van der Waals surface area contributed by atoms with Gasteiger partial charge in [0.25, 0.3) is 11.8 Å². The smallest absolute Gasteiger partial charge is 0.262 e. The van der Waals surface area contributed by atoms with Crippen molar-refractivity contribution in [2.75, 3.05) is 26.2 Å². The maximum atomic E-state index is 12.8. The number of hydrogen-bond donors (Lipinski definition) is 2. The lowest BCUT2D eigenvalue weighted by Crippen LogP contribution is -2.31. The molecule has 1 aromatic carbocycles. The molecule has 8 heteroatoms. The number of hydrogen-bond acceptors (Lipinski definition) is 5. The standard InChI is InChI=1S/C28H38BrN5O2/c1-5-13-25(33-28(36)24(21-30)14-9-8-10-17-26(29)31-4)22-15-11-16-23(20-22)27(35)32-18-12-19-34(6-2)7-3/h8,10-11,14-17,20,25H,4-7,9,12-13,18-19H2,1-3H3,(H,32,35)(H,33,36)/b10-8-,24-14+,26-17-. The average Bonchev–Trinajstić information content (AvgIpc) is 2.90. The second-order valence-corrected chi connectivity index (χ2v) is 8.93. The second-order valence-electron chi connectivity index (χ2n) is 8.12. The lowest BCUT2D eigenvalue weighted by atomic mass is 9.99. The number of nitrogens with zero attached hydrogens (tertiary/aromatic N) is 3. The highest BCUT2D eigenvalue weighted by Crippen LogP contribution is 2.20. The van der Waals surface area contributed by atoms with E-state index >= 15 is 0 Å². The van der Waals surface area contributed by atoms with Crippen LogP contribution in [0.5, 0.6) is 0 Å². The first-order valence-electron chi connectivity index (χ1n) is 12.4. The minimum absolute atomic E-state index is 0.0488. The van der Waals surface area contributed by atoms with Crippen LogP contribution in [-0.4, -0.2) is 49.6 Å². The monoisotopic (exact) mass is 555 g/mol. The fourth-order valence-corrected chi connectivity index (χ4v) is 3.70. The number of carbonyl (C=O) groups excluding carboxylic acids is 2. The van der Waals surface area contributed by atoms with Crippen molar-refractivity contribution in [2.45, 2.75) is 52.5 Å². The zero-order valence-corrected chi connectivity index (χ0v) is 23.2. The number of aliphatic imine (C=N–C) groups is 1. The quantitative estimate of drug-likeness (QED) is 0.0708. The van der Waals surface area contributed by atoms with Gasteiger partial charge in [0.1, 0.15) is 16.2 Å². The third kappa shape index (κ3) is 11.6. The molecule has 0 heterocycles. The van der Waals surface area contributed by atoms with Crippen molar-refractivity contribution in [2.24, 2.45) is 4.99 Å². The predicted octanol–water partition coefficient (Wildman–Crippen LogP) is 5.44. The maximum absolute atomic E-state index is 12.8. The molecule has 36 heavy (non-hydrogen) atoms. The number of nitrogens with one attached hydrogen (secondary N) is 2. The minimum Gasteiger partial charge on any atom is -0.352 e. The van der Waals surface area contributed by atoms with E-state index in [2.05, 4.69) is 57.0 Å². The minimum atomic E-state index is -0.430. The molecule has 0 aliphatic rings. The molecule has 1 rings (SSSR count). The van der Waals surface area contributed by atoms with Gasteiger partial charge in [-0.25, -0.2) is 0 Å². The number of nitriles is 1. The molecule has 0 aliphatic heterocycles. The highest BCUT2D eigenvalue weighted by atomic mass is 79.9. The number of carbonyl (C=O) groups is 2. The Hall–Kier alpha value is -3.02.